The van der Waals surface area contributed by atoms with Crippen molar-refractivity contribution in [3.63, 3.8) is 0 Å². The van der Waals surface area contributed by atoms with Crippen LogP contribution in [0.4, 0.5) is 0 Å². The van der Waals surface area contributed by atoms with E-state index in [1.807, 2.05) is 0 Å². The third-order valence-corrected chi connectivity index (χ3v) is 3.98. The van der Waals surface area contributed by atoms with Gasteiger partial charge in [-0.2, -0.15) is 0 Å². The highest BCUT2D eigenvalue weighted by molar-refractivity contribution is 7.90. The second kappa shape index (κ2) is 8.63. The van der Waals surface area contributed by atoms with Crippen LogP contribution < -0.4 is 10.6 Å². The average Bonchev–Trinajstić information content (AvgIpc) is 2.46. The van der Waals surface area contributed by atoms with Crippen molar-refractivity contribution in [2.45, 2.75) is 17.9 Å². The van der Waals surface area contributed by atoms with Crippen LogP contribution in [-0.4, -0.2) is 47.9 Å². The summed E-state index contributed by atoms with van der Waals surface area (Å²) in [7, 11) is 0.239. The number of ether oxygens (including phenoxy) is 1. The standard InChI is InChI=1S/C14H23N3O3S/c1-15-14(16-9-4-10-20-2)17-11-12-5-7-13(8-6-12)21(3,18)19/h5-8H,4,9-11H2,1-3H3,(H2,15,16,17). The highest BCUT2D eigenvalue weighted by atomic mass is 32.2. The average molecular weight is 313 g/mol. The molecule has 0 amide bonds. The second-order valence-electron chi connectivity index (χ2n) is 4.62. The predicted molar refractivity (Wildman–Crippen MR) is 84.2 cm³/mol. The molecule has 7 heteroatoms. The molecule has 0 aliphatic heterocycles. The number of rotatable bonds is 7. The summed E-state index contributed by atoms with van der Waals surface area (Å²) in [6.45, 7) is 2.06. The smallest absolute Gasteiger partial charge is 0.191 e. The van der Waals surface area contributed by atoms with Crippen molar-refractivity contribution < 1.29 is 13.2 Å². The van der Waals surface area contributed by atoms with Gasteiger partial charge in [0, 0.05) is 40.1 Å². The Kier molecular flexibility index (Phi) is 7.18. The molecule has 0 unspecified atom stereocenters. The first-order chi connectivity index (χ1) is 9.97. The zero-order valence-corrected chi connectivity index (χ0v) is 13.5. The lowest BCUT2D eigenvalue weighted by Gasteiger charge is -2.12. The van der Waals surface area contributed by atoms with E-state index in [0.29, 0.717) is 24.0 Å². The van der Waals surface area contributed by atoms with Gasteiger partial charge in [-0.25, -0.2) is 8.42 Å². The maximum Gasteiger partial charge on any atom is 0.191 e. The van der Waals surface area contributed by atoms with Crippen LogP contribution in [0.5, 0.6) is 0 Å². The third-order valence-electron chi connectivity index (χ3n) is 2.85. The Bertz CT molecular complexity index is 553. The van der Waals surface area contributed by atoms with Crippen molar-refractivity contribution in [1.29, 1.82) is 0 Å². The first-order valence-corrected chi connectivity index (χ1v) is 8.59. The van der Waals surface area contributed by atoms with Crippen molar-refractivity contribution >= 4 is 15.8 Å². The molecule has 0 bridgehead atoms. The van der Waals surface area contributed by atoms with Crippen molar-refractivity contribution in [1.82, 2.24) is 10.6 Å². The molecule has 1 rings (SSSR count). The number of sulfone groups is 1. The van der Waals surface area contributed by atoms with Crippen LogP contribution in [0.3, 0.4) is 0 Å². The molecule has 1 aromatic rings. The predicted octanol–water partition coefficient (Wildman–Crippen LogP) is 0.792. The van der Waals surface area contributed by atoms with Crippen LogP contribution in [0.25, 0.3) is 0 Å². The molecule has 0 aromatic heterocycles. The maximum atomic E-state index is 11.4. The van der Waals surface area contributed by atoms with E-state index in [2.05, 4.69) is 15.6 Å². The SMILES string of the molecule is CN=C(NCCCOC)NCc1ccc(S(C)(=O)=O)cc1. The Labute approximate surface area is 126 Å². The summed E-state index contributed by atoms with van der Waals surface area (Å²) >= 11 is 0. The number of aliphatic imine (C=N–C) groups is 1. The highest BCUT2D eigenvalue weighted by Gasteiger charge is 2.06. The monoisotopic (exact) mass is 313 g/mol. The minimum atomic E-state index is -3.14. The van der Waals surface area contributed by atoms with E-state index in [-0.39, 0.29) is 0 Å². The topological polar surface area (TPSA) is 79.8 Å². The summed E-state index contributed by atoms with van der Waals surface area (Å²) in [5.41, 5.74) is 0.988. The summed E-state index contributed by atoms with van der Waals surface area (Å²) < 4.78 is 27.7. The Hall–Kier alpha value is -1.60. The molecule has 0 aliphatic carbocycles. The van der Waals surface area contributed by atoms with E-state index in [1.165, 1.54) is 6.26 Å². The molecule has 0 heterocycles. The number of hydrogen-bond donors (Lipinski definition) is 2. The molecule has 0 aliphatic rings. The fraction of sp³-hybridized carbons (Fsp3) is 0.500. The van der Waals surface area contributed by atoms with E-state index < -0.39 is 9.84 Å². The van der Waals surface area contributed by atoms with E-state index >= 15 is 0 Å². The molecule has 21 heavy (non-hydrogen) atoms. The van der Waals surface area contributed by atoms with E-state index in [9.17, 15) is 8.42 Å². The normalized spacial score (nSPS) is 12.2. The number of guanidine groups is 1. The van der Waals surface area contributed by atoms with E-state index in [4.69, 9.17) is 4.74 Å². The fourth-order valence-corrected chi connectivity index (χ4v) is 2.31. The van der Waals surface area contributed by atoms with Crippen LogP contribution in [0.1, 0.15) is 12.0 Å². The van der Waals surface area contributed by atoms with Crippen LogP contribution in [0, 0.1) is 0 Å². The number of hydrogen-bond acceptors (Lipinski definition) is 4. The van der Waals surface area contributed by atoms with Gasteiger partial charge in [-0.05, 0) is 24.1 Å². The lowest BCUT2D eigenvalue weighted by atomic mass is 10.2. The van der Waals surface area contributed by atoms with Gasteiger partial charge in [0.25, 0.3) is 0 Å². The molecule has 0 saturated carbocycles. The Morgan fingerprint density at radius 2 is 1.90 bits per heavy atom. The van der Waals surface area contributed by atoms with Crippen LogP contribution in [-0.2, 0) is 21.1 Å². The maximum absolute atomic E-state index is 11.4. The highest BCUT2D eigenvalue weighted by Crippen LogP contribution is 2.09. The largest absolute Gasteiger partial charge is 0.385 e. The van der Waals surface area contributed by atoms with Crippen LogP contribution >= 0.6 is 0 Å². The lowest BCUT2D eigenvalue weighted by molar-refractivity contribution is 0.195. The van der Waals surface area contributed by atoms with Crippen molar-refractivity contribution in [2.24, 2.45) is 4.99 Å². The molecule has 2 N–H and O–H groups in total. The zero-order chi connectivity index (χ0) is 15.7. The molecule has 118 valence electrons. The molecule has 0 radical (unpaired) electrons. The van der Waals surface area contributed by atoms with Gasteiger partial charge in [0.05, 0.1) is 4.90 Å². The molecule has 0 spiro atoms. The minimum Gasteiger partial charge on any atom is -0.385 e. The van der Waals surface area contributed by atoms with Gasteiger partial charge in [0.15, 0.2) is 15.8 Å². The Morgan fingerprint density at radius 3 is 2.43 bits per heavy atom. The molecule has 1 aromatic carbocycles. The van der Waals surface area contributed by atoms with Crippen molar-refractivity contribution in [2.75, 3.05) is 33.6 Å². The quantitative estimate of drug-likeness (QED) is 0.442. The number of nitrogens with one attached hydrogen (secondary N) is 2. The molecular formula is C14H23N3O3S. The summed E-state index contributed by atoms with van der Waals surface area (Å²) in [6, 6.07) is 6.81. The Balaban J connectivity index is 2.46. The molecule has 6 nitrogen and oxygen atoms in total. The molecule has 0 fully saturated rings. The molecule has 0 saturated heterocycles. The van der Waals surface area contributed by atoms with Crippen LogP contribution in [0.2, 0.25) is 0 Å². The third kappa shape index (κ3) is 6.59. The van der Waals surface area contributed by atoms with Gasteiger partial charge < -0.3 is 15.4 Å². The summed E-state index contributed by atoms with van der Waals surface area (Å²) in [4.78, 5) is 4.44. The van der Waals surface area contributed by atoms with E-state index in [0.717, 1.165) is 18.5 Å². The fourth-order valence-electron chi connectivity index (χ4n) is 1.68. The van der Waals surface area contributed by atoms with Gasteiger partial charge >= 0.3 is 0 Å². The van der Waals surface area contributed by atoms with Gasteiger partial charge in [-0.15, -0.1) is 0 Å². The van der Waals surface area contributed by atoms with Gasteiger partial charge in [-0.3, -0.25) is 4.99 Å². The summed E-state index contributed by atoms with van der Waals surface area (Å²) in [6.07, 6.45) is 2.10. The van der Waals surface area contributed by atoms with Crippen molar-refractivity contribution in [3.05, 3.63) is 29.8 Å². The summed E-state index contributed by atoms with van der Waals surface area (Å²) in [5, 5.41) is 6.34. The minimum absolute atomic E-state index is 0.327. The van der Waals surface area contributed by atoms with Gasteiger partial charge in [0.1, 0.15) is 0 Å². The summed E-state index contributed by atoms with van der Waals surface area (Å²) in [5.74, 6) is 0.707. The molecule has 0 atom stereocenters. The van der Waals surface area contributed by atoms with Gasteiger partial charge in [0.2, 0.25) is 0 Å². The van der Waals surface area contributed by atoms with Crippen LogP contribution in [0.15, 0.2) is 34.2 Å². The number of nitrogens with zero attached hydrogens (tertiary/aromatic N) is 1. The molecular weight excluding hydrogens is 290 g/mol. The second-order valence-corrected chi connectivity index (χ2v) is 6.63. The number of methoxy groups -OCH3 is 1. The first kappa shape index (κ1) is 17.5. The zero-order valence-electron chi connectivity index (χ0n) is 12.7. The lowest BCUT2D eigenvalue weighted by Crippen LogP contribution is -2.37. The number of benzene rings is 1. The van der Waals surface area contributed by atoms with E-state index in [1.54, 1.807) is 38.4 Å². The van der Waals surface area contributed by atoms with Gasteiger partial charge in [-0.1, -0.05) is 12.1 Å². The Morgan fingerprint density at radius 1 is 1.24 bits per heavy atom. The van der Waals surface area contributed by atoms with Crippen molar-refractivity contribution in [3.8, 4) is 0 Å². The first-order valence-electron chi connectivity index (χ1n) is 6.70.